The van der Waals surface area contributed by atoms with Crippen LogP contribution in [0, 0.1) is 12.8 Å². The van der Waals surface area contributed by atoms with Gasteiger partial charge in [-0.3, -0.25) is 9.69 Å². The van der Waals surface area contributed by atoms with E-state index in [1.54, 1.807) is 4.90 Å². The summed E-state index contributed by atoms with van der Waals surface area (Å²) < 4.78 is 13.1. The first-order valence-electron chi connectivity index (χ1n) is 13.5. The Bertz CT molecular complexity index is 948. The number of benzene rings is 1. The van der Waals surface area contributed by atoms with Gasteiger partial charge in [0.1, 0.15) is 0 Å². The van der Waals surface area contributed by atoms with Crippen LogP contribution in [0.5, 0.6) is 0 Å². The number of rotatable bonds is 11. The number of β-amino-alcohol motifs (C(OH)–C–C–N with tert-alkyl or cyclic N) is 1. The zero-order valence-corrected chi connectivity index (χ0v) is 22.2. The predicted octanol–water partition coefficient (Wildman–Crippen LogP) is 2.93. The third-order valence-electron chi connectivity index (χ3n) is 7.81. The number of aliphatic hydroxyl groups excluding tert-OH is 1. The van der Waals surface area contributed by atoms with Crippen molar-refractivity contribution in [3.05, 3.63) is 53.6 Å². The number of hydrogen-bond acceptors (Lipinski definition) is 6. The number of likely N-dealkylation sites (N-methyl/N-ethyl adjacent to an activating group) is 1. The van der Waals surface area contributed by atoms with Gasteiger partial charge >= 0.3 is 0 Å². The van der Waals surface area contributed by atoms with Gasteiger partial charge in [-0.1, -0.05) is 43.3 Å². The van der Waals surface area contributed by atoms with E-state index >= 15 is 0 Å². The molecule has 2 aliphatic heterocycles. The molecule has 7 nitrogen and oxygen atoms in total. The van der Waals surface area contributed by atoms with Gasteiger partial charge in [0, 0.05) is 52.2 Å². The fraction of sp³-hybridized carbons (Fsp3) is 0.621. The van der Waals surface area contributed by atoms with Crippen molar-refractivity contribution in [2.45, 2.75) is 45.0 Å². The molecule has 7 heteroatoms. The van der Waals surface area contributed by atoms with Crippen LogP contribution >= 0.6 is 0 Å². The minimum absolute atomic E-state index is 0.0300. The van der Waals surface area contributed by atoms with E-state index in [2.05, 4.69) is 66.1 Å². The van der Waals surface area contributed by atoms with Gasteiger partial charge in [-0.15, -0.1) is 0 Å². The number of nitrogens with zero attached hydrogens (tertiary/aromatic N) is 3. The lowest BCUT2D eigenvalue weighted by Gasteiger charge is -2.40. The quantitative estimate of drug-likeness (QED) is 0.375. The Balaban J connectivity index is 1.38. The molecule has 0 spiro atoms. The molecule has 0 bridgehead atoms. The normalized spacial score (nSPS) is 27.6. The number of allylic oxidation sites excluding steroid dienone is 2. The smallest absolute Gasteiger partial charge is 0.236 e. The molecule has 2 fully saturated rings. The maximum atomic E-state index is 12.0. The van der Waals surface area contributed by atoms with Crippen molar-refractivity contribution in [3.63, 3.8) is 0 Å². The second-order valence-electron chi connectivity index (χ2n) is 10.5. The molecule has 198 valence electrons. The third-order valence-corrected chi connectivity index (χ3v) is 7.81. The SMILES string of the molecule is Cc1ccccc1C1=CC=CC(OCCCN2CCN(C)C(=O)C2)(OCCCN2CCC(O)C2)[C@@H]1C. The summed E-state index contributed by atoms with van der Waals surface area (Å²) in [4.78, 5) is 18.3. The minimum Gasteiger partial charge on any atom is -0.392 e. The van der Waals surface area contributed by atoms with E-state index in [9.17, 15) is 9.90 Å². The summed E-state index contributed by atoms with van der Waals surface area (Å²) in [5, 5.41) is 9.80. The summed E-state index contributed by atoms with van der Waals surface area (Å²) in [6.45, 7) is 11.1. The summed E-state index contributed by atoms with van der Waals surface area (Å²) in [7, 11) is 1.87. The first kappa shape index (κ1) is 27.0. The average Bonchev–Trinajstić information content (AvgIpc) is 3.29. The lowest BCUT2D eigenvalue weighted by atomic mass is 9.82. The monoisotopic (exact) mass is 497 g/mol. The van der Waals surface area contributed by atoms with Crippen molar-refractivity contribution in [1.29, 1.82) is 0 Å². The van der Waals surface area contributed by atoms with Gasteiger partial charge in [0.25, 0.3) is 0 Å². The lowest BCUT2D eigenvalue weighted by molar-refractivity contribution is -0.223. The Morgan fingerprint density at radius 2 is 1.78 bits per heavy atom. The summed E-state index contributed by atoms with van der Waals surface area (Å²) in [5.41, 5.74) is 3.70. The molecule has 2 unspecified atom stereocenters. The van der Waals surface area contributed by atoms with Crippen molar-refractivity contribution in [2.24, 2.45) is 5.92 Å². The largest absolute Gasteiger partial charge is 0.392 e. The Kier molecular flexibility index (Phi) is 9.36. The standard InChI is InChI=1S/C29H43N3O4/c1-23-9-4-5-10-26(23)27-11-6-13-29(24(27)2,35-19-7-14-31-16-12-25(33)21-31)36-20-8-15-32-18-17-30(3)28(34)22-32/h4-6,9-11,13,24-25,33H,7-8,12,14-22H2,1-3H3/t24-,25?,29?/m1/s1. The molecule has 1 amide bonds. The topological polar surface area (TPSA) is 65.5 Å². The molecule has 36 heavy (non-hydrogen) atoms. The van der Waals surface area contributed by atoms with Crippen LogP contribution in [0.15, 0.2) is 42.5 Å². The molecular weight excluding hydrogens is 454 g/mol. The van der Waals surface area contributed by atoms with E-state index in [0.717, 1.165) is 58.5 Å². The van der Waals surface area contributed by atoms with Gasteiger partial charge in [0.15, 0.2) is 5.79 Å². The fourth-order valence-corrected chi connectivity index (χ4v) is 5.45. The Morgan fingerprint density at radius 3 is 2.44 bits per heavy atom. The van der Waals surface area contributed by atoms with Crippen LogP contribution in [0.2, 0.25) is 0 Å². The molecule has 1 aliphatic carbocycles. The highest BCUT2D eigenvalue weighted by molar-refractivity contribution is 5.78. The second-order valence-corrected chi connectivity index (χ2v) is 10.5. The van der Waals surface area contributed by atoms with Crippen LogP contribution in [-0.2, 0) is 14.3 Å². The molecule has 0 radical (unpaired) electrons. The van der Waals surface area contributed by atoms with Crippen LogP contribution in [0.3, 0.4) is 0 Å². The maximum Gasteiger partial charge on any atom is 0.236 e. The van der Waals surface area contributed by atoms with Crippen molar-refractivity contribution in [3.8, 4) is 0 Å². The number of likely N-dealkylation sites (tertiary alicyclic amines) is 1. The molecule has 2 heterocycles. The van der Waals surface area contributed by atoms with Crippen molar-refractivity contribution >= 4 is 11.5 Å². The van der Waals surface area contributed by atoms with Crippen molar-refractivity contribution in [1.82, 2.24) is 14.7 Å². The zero-order valence-electron chi connectivity index (χ0n) is 22.2. The summed E-state index contributed by atoms with van der Waals surface area (Å²) in [6.07, 6.45) is 8.72. The van der Waals surface area contributed by atoms with Crippen molar-refractivity contribution in [2.75, 3.05) is 66.1 Å². The molecule has 1 aromatic rings. The first-order chi connectivity index (χ1) is 17.4. The number of hydrogen-bond donors (Lipinski definition) is 1. The van der Waals surface area contributed by atoms with E-state index in [4.69, 9.17) is 9.47 Å². The molecule has 2 saturated heterocycles. The van der Waals surface area contributed by atoms with E-state index in [1.165, 1.54) is 16.7 Å². The van der Waals surface area contributed by atoms with Crippen LogP contribution in [0.1, 0.15) is 37.3 Å². The fourth-order valence-electron chi connectivity index (χ4n) is 5.45. The van der Waals surface area contributed by atoms with Crippen molar-refractivity contribution < 1.29 is 19.4 Å². The zero-order chi connectivity index (χ0) is 25.5. The summed E-state index contributed by atoms with van der Waals surface area (Å²) >= 11 is 0. The highest BCUT2D eigenvalue weighted by Gasteiger charge is 2.40. The Morgan fingerprint density at radius 1 is 1.06 bits per heavy atom. The molecule has 3 aliphatic rings. The van der Waals surface area contributed by atoms with E-state index in [-0.39, 0.29) is 17.9 Å². The molecule has 3 atom stereocenters. The van der Waals surface area contributed by atoms with E-state index < -0.39 is 5.79 Å². The molecule has 1 N–H and O–H groups in total. The Labute approximate surface area is 216 Å². The minimum atomic E-state index is -0.825. The van der Waals surface area contributed by atoms with Gasteiger partial charge in [-0.05, 0) is 49.0 Å². The lowest BCUT2D eigenvalue weighted by Crippen LogP contribution is -2.49. The summed E-state index contributed by atoms with van der Waals surface area (Å²) in [6, 6.07) is 8.47. The molecule has 0 aromatic heterocycles. The molecule has 0 saturated carbocycles. The molecular formula is C29H43N3O4. The Hall–Kier alpha value is -2.03. The highest BCUT2D eigenvalue weighted by Crippen LogP contribution is 2.40. The van der Waals surface area contributed by atoms with Gasteiger partial charge in [0.05, 0.1) is 25.9 Å². The first-order valence-corrected chi connectivity index (χ1v) is 13.5. The van der Waals surface area contributed by atoms with Gasteiger partial charge < -0.3 is 24.4 Å². The predicted molar refractivity (Wildman–Crippen MR) is 142 cm³/mol. The van der Waals surface area contributed by atoms with Crippen LogP contribution < -0.4 is 0 Å². The highest BCUT2D eigenvalue weighted by atomic mass is 16.7. The number of carbonyl (C=O) groups is 1. The van der Waals surface area contributed by atoms with Crippen LogP contribution in [-0.4, -0.2) is 104 Å². The molecule has 1 aromatic carbocycles. The van der Waals surface area contributed by atoms with E-state index in [1.807, 2.05) is 7.05 Å². The van der Waals surface area contributed by atoms with E-state index in [0.29, 0.717) is 19.8 Å². The van der Waals surface area contributed by atoms with Crippen LogP contribution in [0.25, 0.3) is 5.57 Å². The third kappa shape index (κ3) is 6.64. The van der Waals surface area contributed by atoms with Crippen LogP contribution in [0.4, 0.5) is 0 Å². The van der Waals surface area contributed by atoms with Gasteiger partial charge in [0.2, 0.25) is 5.91 Å². The number of amides is 1. The average molecular weight is 498 g/mol. The molecule has 4 rings (SSSR count). The number of ether oxygens (including phenoxy) is 2. The number of carbonyl (C=O) groups excluding carboxylic acids is 1. The van der Waals surface area contributed by atoms with Gasteiger partial charge in [-0.2, -0.15) is 0 Å². The number of piperazine rings is 1. The maximum absolute atomic E-state index is 12.0. The number of aliphatic hydroxyl groups is 1. The van der Waals surface area contributed by atoms with Gasteiger partial charge in [-0.25, -0.2) is 0 Å². The summed E-state index contributed by atoms with van der Waals surface area (Å²) in [5.74, 6) is -0.610. The second kappa shape index (κ2) is 12.5. The number of aryl methyl sites for hydroxylation is 1.